The minimum absolute atomic E-state index is 0.414. The fourth-order valence-electron chi connectivity index (χ4n) is 4.33. The number of hydrogen-bond donors (Lipinski definition) is 0. The Balaban J connectivity index is 1.64. The second-order valence-corrected chi connectivity index (χ2v) is 7.82. The molecule has 0 atom stereocenters. The molecule has 0 fully saturated rings. The lowest BCUT2D eigenvalue weighted by atomic mass is 9.95. The third-order valence-electron chi connectivity index (χ3n) is 6.01. The maximum Gasteiger partial charge on any atom is 0.343 e. The Morgan fingerprint density at radius 1 is 0.848 bits per heavy atom. The molecule has 2 heterocycles. The zero-order valence-electron chi connectivity index (χ0n) is 18.8. The Labute approximate surface area is 191 Å². The lowest BCUT2D eigenvalue weighted by molar-refractivity contribution is -0.686. The molecule has 166 valence electrons. The number of ether oxygens (including phenoxy) is 4. The number of rotatable bonds is 5. The maximum absolute atomic E-state index is 12.8. The van der Waals surface area contributed by atoms with Gasteiger partial charge in [0.1, 0.15) is 0 Å². The van der Waals surface area contributed by atoms with Crippen molar-refractivity contribution in [2.75, 3.05) is 21.3 Å². The van der Waals surface area contributed by atoms with Gasteiger partial charge in [0.05, 0.1) is 37.8 Å². The summed E-state index contributed by atoms with van der Waals surface area (Å²) in [6.45, 7) is 0.789. The van der Waals surface area contributed by atoms with Crippen LogP contribution in [0.15, 0.2) is 66.9 Å². The van der Waals surface area contributed by atoms with E-state index in [-0.39, 0.29) is 0 Å². The van der Waals surface area contributed by atoms with Crippen LogP contribution in [0.2, 0.25) is 0 Å². The summed E-state index contributed by atoms with van der Waals surface area (Å²) in [5.41, 5.74) is 3.85. The van der Waals surface area contributed by atoms with E-state index in [1.807, 2.05) is 48.7 Å². The Morgan fingerprint density at radius 2 is 1.58 bits per heavy atom. The topological polar surface area (TPSA) is 57.9 Å². The predicted octanol–water partition coefficient (Wildman–Crippen LogP) is 4.60. The molecule has 1 aromatic heterocycles. The van der Waals surface area contributed by atoms with Gasteiger partial charge in [0, 0.05) is 12.5 Å². The van der Waals surface area contributed by atoms with Gasteiger partial charge in [-0.05, 0) is 47.3 Å². The first kappa shape index (κ1) is 20.8. The third kappa shape index (κ3) is 3.63. The second kappa shape index (κ2) is 8.47. The Kier molecular flexibility index (Phi) is 5.34. The standard InChI is InChI=1S/C27H24NO5/c1-30-23-10-9-18-13-22-20-15-25(32-3)24(31-2)14-19(20)11-12-28(22)16-21(18)26(23)33-27(29)17-7-5-4-6-8-17/h4-10,13-16H,11-12H2,1-3H3/q+1. The monoisotopic (exact) mass is 442 g/mol. The van der Waals surface area contributed by atoms with Crippen LogP contribution in [0.25, 0.3) is 22.0 Å². The molecule has 5 rings (SSSR count). The highest BCUT2D eigenvalue weighted by molar-refractivity contribution is 5.97. The van der Waals surface area contributed by atoms with Gasteiger partial charge >= 0.3 is 5.97 Å². The molecule has 1 aliphatic heterocycles. The zero-order chi connectivity index (χ0) is 22.9. The minimum Gasteiger partial charge on any atom is -0.493 e. The van der Waals surface area contributed by atoms with Crippen LogP contribution in [-0.2, 0) is 13.0 Å². The molecule has 0 radical (unpaired) electrons. The highest BCUT2D eigenvalue weighted by Crippen LogP contribution is 2.40. The van der Waals surface area contributed by atoms with Crippen molar-refractivity contribution in [3.05, 3.63) is 78.0 Å². The quantitative estimate of drug-likeness (QED) is 0.257. The van der Waals surface area contributed by atoms with Gasteiger partial charge in [-0.15, -0.1) is 0 Å². The number of carbonyl (C=O) groups excluding carboxylic acids is 1. The first-order valence-corrected chi connectivity index (χ1v) is 10.7. The number of fused-ring (bicyclic) bond motifs is 4. The van der Waals surface area contributed by atoms with Crippen LogP contribution in [0.3, 0.4) is 0 Å². The van der Waals surface area contributed by atoms with Crippen LogP contribution in [0.1, 0.15) is 15.9 Å². The van der Waals surface area contributed by atoms with Crippen LogP contribution in [0.5, 0.6) is 23.0 Å². The number of hydrogen-bond acceptors (Lipinski definition) is 5. The molecule has 0 N–H and O–H groups in total. The molecule has 0 saturated heterocycles. The van der Waals surface area contributed by atoms with Gasteiger partial charge in [-0.2, -0.15) is 4.57 Å². The van der Waals surface area contributed by atoms with Gasteiger partial charge in [0.15, 0.2) is 35.7 Å². The van der Waals surface area contributed by atoms with Crippen LogP contribution >= 0.6 is 0 Å². The van der Waals surface area contributed by atoms with Gasteiger partial charge in [0.2, 0.25) is 5.69 Å². The maximum atomic E-state index is 12.8. The van der Waals surface area contributed by atoms with Gasteiger partial charge < -0.3 is 18.9 Å². The second-order valence-electron chi connectivity index (χ2n) is 7.82. The van der Waals surface area contributed by atoms with Crippen molar-refractivity contribution in [3.8, 4) is 34.3 Å². The molecule has 0 saturated carbocycles. The number of esters is 1. The Bertz CT molecular complexity index is 1360. The van der Waals surface area contributed by atoms with Crippen molar-refractivity contribution in [2.24, 2.45) is 0 Å². The molecule has 4 aromatic rings. The molecule has 0 spiro atoms. The first-order chi connectivity index (χ1) is 16.1. The zero-order valence-corrected chi connectivity index (χ0v) is 18.8. The summed E-state index contributed by atoms with van der Waals surface area (Å²) in [4.78, 5) is 12.8. The van der Waals surface area contributed by atoms with E-state index in [0.29, 0.717) is 22.8 Å². The van der Waals surface area contributed by atoms with E-state index >= 15 is 0 Å². The number of aryl methyl sites for hydroxylation is 2. The fourth-order valence-corrected chi connectivity index (χ4v) is 4.33. The summed E-state index contributed by atoms with van der Waals surface area (Å²) in [7, 11) is 4.86. The van der Waals surface area contributed by atoms with E-state index in [9.17, 15) is 4.79 Å². The van der Waals surface area contributed by atoms with Crippen molar-refractivity contribution in [1.82, 2.24) is 0 Å². The lowest BCUT2D eigenvalue weighted by Crippen LogP contribution is -2.40. The summed E-state index contributed by atoms with van der Waals surface area (Å²) in [6, 6.07) is 18.9. The molecular weight excluding hydrogens is 418 g/mol. The summed E-state index contributed by atoms with van der Waals surface area (Å²) >= 11 is 0. The largest absolute Gasteiger partial charge is 0.493 e. The first-order valence-electron chi connectivity index (χ1n) is 10.7. The number of nitrogens with zero attached hydrogens (tertiary/aromatic N) is 1. The van der Waals surface area contributed by atoms with E-state index < -0.39 is 5.97 Å². The highest BCUT2D eigenvalue weighted by Gasteiger charge is 2.28. The van der Waals surface area contributed by atoms with Crippen LogP contribution in [0, 0.1) is 0 Å². The van der Waals surface area contributed by atoms with Crippen LogP contribution in [0.4, 0.5) is 0 Å². The molecule has 0 bridgehead atoms. The summed E-state index contributed by atoms with van der Waals surface area (Å²) in [5, 5.41) is 1.76. The number of benzene rings is 3. The van der Waals surface area contributed by atoms with E-state index in [4.69, 9.17) is 18.9 Å². The number of pyridine rings is 1. The van der Waals surface area contributed by atoms with Crippen molar-refractivity contribution in [2.45, 2.75) is 13.0 Å². The number of aromatic nitrogens is 1. The summed E-state index contributed by atoms with van der Waals surface area (Å²) < 4.78 is 24.6. The third-order valence-corrected chi connectivity index (χ3v) is 6.01. The number of methoxy groups -OCH3 is 3. The molecule has 6 heteroatoms. The lowest BCUT2D eigenvalue weighted by Gasteiger charge is -2.19. The predicted molar refractivity (Wildman–Crippen MR) is 124 cm³/mol. The molecular formula is C27H24NO5+. The smallest absolute Gasteiger partial charge is 0.343 e. The van der Waals surface area contributed by atoms with Crippen molar-refractivity contribution < 1.29 is 28.3 Å². The molecule has 0 aliphatic carbocycles. The van der Waals surface area contributed by atoms with Crippen molar-refractivity contribution in [1.29, 1.82) is 0 Å². The van der Waals surface area contributed by atoms with E-state index in [1.54, 1.807) is 33.5 Å². The summed E-state index contributed by atoms with van der Waals surface area (Å²) in [5.74, 6) is 1.92. The number of carbonyl (C=O) groups is 1. The van der Waals surface area contributed by atoms with Gasteiger partial charge in [-0.1, -0.05) is 18.2 Å². The molecule has 0 amide bonds. The van der Waals surface area contributed by atoms with E-state index in [1.165, 1.54) is 5.56 Å². The van der Waals surface area contributed by atoms with Crippen molar-refractivity contribution >= 4 is 16.7 Å². The molecule has 33 heavy (non-hydrogen) atoms. The van der Waals surface area contributed by atoms with Crippen molar-refractivity contribution in [3.63, 3.8) is 0 Å². The Hall–Kier alpha value is -4.06. The molecule has 1 aliphatic rings. The van der Waals surface area contributed by atoms with Gasteiger partial charge in [0.25, 0.3) is 0 Å². The molecule has 3 aromatic carbocycles. The Morgan fingerprint density at radius 3 is 2.30 bits per heavy atom. The fraction of sp³-hybridized carbons (Fsp3) is 0.185. The average molecular weight is 442 g/mol. The van der Waals surface area contributed by atoms with Crippen LogP contribution < -0.4 is 23.5 Å². The van der Waals surface area contributed by atoms with Gasteiger partial charge in [-0.25, -0.2) is 4.79 Å². The van der Waals surface area contributed by atoms with Crippen LogP contribution in [-0.4, -0.2) is 27.3 Å². The normalized spacial score (nSPS) is 12.0. The summed E-state index contributed by atoms with van der Waals surface area (Å²) in [6.07, 6.45) is 2.88. The SMILES string of the molecule is COc1cc2c(cc1OC)-c1cc3ccc(OC)c(OC(=O)c4ccccc4)c3c[n+]1CC2. The van der Waals surface area contributed by atoms with Gasteiger partial charge in [-0.3, -0.25) is 0 Å². The van der Waals surface area contributed by atoms with E-state index in [2.05, 4.69) is 10.6 Å². The molecule has 0 unspecified atom stereocenters. The minimum atomic E-state index is -0.425. The average Bonchev–Trinajstić information content (AvgIpc) is 2.87. The molecule has 6 nitrogen and oxygen atoms in total. The van der Waals surface area contributed by atoms with E-state index in [0.717, 1.165) is 40.7 Å². The highest BCUT2D eigenvalue weighted by atomic mass is 16.6.